The van der Waals surface area contributed by atoms with Crippen LogP contribution in [0.15, 0.2) is 73.1 Å². The van der Waals surface area contributed by atoms with E-state index in [9.17, 15) is 19.7 Å². The van der Waals surface area contributed by atoms with Crippen LogP contribution in [0.4, 0.5) is 23.0 Å². The van der Waals surface area contributed by atoms with Crippen molar-refractivity contribution in [3.63, 3.8) is 0 Å². The molecule has 0 aliphatic rings. The zero-order chi connectivity index (χ0) is 23.4. The van der Waals surface area contributed by atoms with Crippen LogP contribution in [0.3, 0.4) is 0 Å². The lowest BCUT2D eigenvalue weighted by atomic mass is 10.0. The molecule has 0 spiro atoms. The van der Waals surface area contributed by atoms with E-state index in [-0.39, 0.29) is 17.2 Å². The van der Waals surface area contributed by atoms with Gasteiger partial charge in [0.15, 0.2) is 0 Å². The van der Waals surface area contributed by atoms with Crippen molar-refractivity contribution in [2.45, 2.75) is 0 Å². The zero-order valence-corrected chi connectivity index (χ0v) is 16.9. The Morgan fingerprint density at radius 2 is 1.61 bits per heavy atom. The van der Waals surface area contributed by atoms with E-state index in [0.717, 1.165) is 17.1 Å². The molecule has 0 aliphatic heterocycles. The minimum Gasteiger partial charge on any atom is -0.478 e. The van der Waals surface area contributed by atoms with E-state index in [2.05, 4.69) is 26.1 Å². The van der Waals surface area contributed by atoms with Crippen LogP contribution in [0.1, 0.15) is 20.7 Å². The number of hydrogen-bond donors (Lipinski definition) is 4. The molecule has 4 rings (SSSR count). The number of carboxylic acid groups (broad SMARTS) is 1. The monoisotopic (exact) mass is 444 g/mol. The molecule has 164 valence electrons. The van der Waals surface area contributed by atoms with E-state index >= 15 is 0 Å². The van der Waals surface area contributed by atoms with Gasteiger partial charge in [-0.15, -0.1) is 0 Å². The number of hydrazine groups is 1. The van der Waals surface area contributed by atoms with Gasteiger partial charge in [0.25, 0.3) is 5.91 Å². The Morgan fingerprint density at radius 3 is 2.33 bits per heavy atom. The summed E-state index contributed by atoms with van der Waals surface area (Å²) in [5, 5.41) is 25.1. The van der Waals surface area contributed by atoms with E-state index in [1.807, 2.05) is 24.3 Å². The molecule has 0 fully saturated rings. The summed E-state index contributed by atoms with van der Waals surface area (Å²) < 4.78 is 0. The number of amides is 1. The van der Waals surface area contributed by atoms with Crippen LogP contribution in [-0.4, -0.2) is 31.9 Å². The maximum atomic E-state index is 12.7. The van der Waals surface area contributed by atoms with Gasteiger partial charge in [-0.2, -0.15) is 0 Å². The van der Waals surface area contributed by atoms with Gasteiger partial charge in [0.05, 0.1) is 10.5 Å². The Morgan fingerprint density at radius 1 is 0.909 bits per heavy atom. The first-order chi connectivity index (χ1) is 15.9. The fourth-order valence-electron chi connectivity index (χ4n) is 3.17. The molecule has 0 aliphatic carbocycles. The van der Waals surface area contributed by atoms with Gasteiger partial charge in [-0.3, -0.25) is 25.8 Å². The van der Waals surface area contributed by atoms with Crippen LogP contribution in [0.5, 0.6) is 0 Å². The molecule has 0 saturated carbocycles. The molecule has 4 aromatic rings. The average Bonchev–Trinajstić information content (AvgIpc) is 2.82. The topological polar surface area (TPSA) is 159 Å². The van der Waals surface area contributed by atoms with Crippen LogP contribution in [0.2, 0.25) is 0 Å². The van der Waals surface area contributed by atoms with Gasteiger partial charge in [0.2, 0.25) is 11.6 Å². The maximum absolute atomic E-state index is 12.7. The first-order valence-electron chi connectivity index (χ1n) is 9.58. The number of rotatable bonds is 7. The lowest BCUT2D eigenvalue weighted by Gasteiger charge is -2.12. The molecule has 4 N–H and O–H groups in total. The summed E-state index contributed by atoms with van der Waals surface area (Å²) in [6.45, 7) is 0. The summed E-state index contributed by atoms with van der Waals surface area (Å²) in [5.74, 6) is -1.96. The first kappa shape index (κ1) is 21.2. The standard InChI is InChI=1S/C22H16N6O5/c29-21(17-7-3-5-13-4-1-2-6-16(13)17)27-26-20-18(28(32)33)19(23-12-24-20)25-15-10-8-14(9-11-15)22(30)31/h1-12H,(H,27,29)(H,30,31)(H2,23,24,25,26). The van der Waals surface area contributed by atoms with Crippen molar-refractivity contribution in [2.75, 3.05) is 10.7 Å². The zero-order valence-electron chi connectivity index (χ0n) is 16.9. The highest BCUT2D eigenvalue weighted by Gasteiger charge is 2.24. The number of anilines is 3. The van der Waals surface area contributed by atoms with Crippen molar-refractivity contribution < 1.29 is 19.6 Å². The summed E-state index contributed by atoms with van der Waals surface area (Å²) in [5.41, 5.74) is 5.26. The van der Waals surface area contributed by atoms with E-state index < -0.39 is 22.5 Å². The van der Waals surface area contributed by atoms with E-state index in [4.69, 9.17) is 5.11 Å². The molecule has 0 bridgehead atoms. The molecular formula is C22H16N6O5. The second-order valence-corrected chi connectivity index (χ2v) is 6.79. The van der Waals surface area contributed by atoms with Gasteiger partial charge in [0, 0.05) is 11.3 Å². The number of nitrogens with one attached hydrogen (secondary N) is 3. The summed E-state index contributed by atoms with van der Waals surface area (Å²) >= 11 is 0. The molecule has 11 heteroatoms. The number of aromatic carboxylic acids is 1. The molecule has 3 aromatic carbocycles. The van der Waals surface area contributed by atoms with Gasteiger partial charge >= 0.3 is 11.7 Å². The summed E-state index contributed by atoms with van der Waals surface area (Å²) in [7, 11) is 0. The van der Waals surface area contributed by atoms with Crippen LogP contribution in [-0.2, 0) is 0 Å². The Bertz CT molecular complexity index is 1370. The molecule has 1 heterocycles. The van der Waals surface area contributed by atoms with Crippen molar-refractivity contribution in [1.29, 1.82) is 0 Å². The Kier molecular flexibility index (Phi) is 5.76. The SMILES string of the molecule is O=C(O)c1ccc(Nc2ncnc(NNC(=O)c3cccc4ccccc34)c2[N+](=O)[O-])cc1. The second-order valence-electron chi connectivity index (χ2n) is 6.79. The van der Waals surface area contributed by atoms with Crippen LogP contribution >= 0.6 is 0 Å². The van der Waals surface area contributed by atoms with E-state index in [1.165, 1.54) is 24.3 Å². The first-order valence-corrected chi connectivity index (χ1v) is 9.58. The highest BCUT2D eigenvalue weighted by atomic mass is 16.6. The normalized spacial score (nSPS) is 10.4. The average molecular weight is 444 g/mol. The largest absolute Gasteiger partial charge is 0.478 e. The number of aromatic nitrogens is 2. The molecule has 0 saturated heterocycles. The number of hydrogen-bond acceptors (Lipinski definition) is 8. The Balaban J connectivity index is 1.57. The second kappa shape index (κ2) is 8.98. The van der Waals surface area contributed by atoms with Crippen LogP contribution in [0, 0.1) is 10.1 Å². The Labute approximate surface area is 186 Å². The number of carbonyl (C=O) groups is 2. The molecule has 0 unspecified atom stereocenters. The summed E-state index contributed by atoms with van der Waals surface area (Å²) in [6, 6.07) is 18.2. The predicted molar refractivity (Wildman–Crippen MR) is 120 cm³/mol. The number of fused-ring (bicyclic) bond motifs is 1. The number of carbonyl (C=O) groups excluding carboxylic acids is 1. The fourth-order valence-corrected chi connectivity index (χ4v) is 3.17. The van der Waals surface area contributed by atoms with E-state index in [0.29, 0.717) is 11.3 Å². The minimum absolute atomic E-state index is 0.0660. The van der Waals surface area contributed by atoms with Gasteiger partial charge in [-0.25, -0.2) is 14.8 Å². The Hall–Kier alpha value is -5.06. The van der Waals surface area contributed by atoms with Crippen molar-refractivity contribution in [1.82, 2.24) is 15.4 Å². The van der Waals surface area contributed by atoms with Crippen molar-refractivity contribution in [3.8, 4) is 0 Å². The predicted octanol–water partition coefficient (Wildman–Crippen LogP) is 3.74. The van der Waals surface area contributed by atoms with E-state index in [1.54, 1.807) is 18.2 Å². The van der Waals surface area contributed by atoms with Crippen molar-refractivity contribution in [2.24, 2.45) is 0 Å². The maximum Gasteiger partial charge on any atom is 0.355 e. The number of nitro groups is 1. The molecule has 0 atom stereocenters. The van der Waals surface area contributed by atoms with Gasteiger partial charge < -0.3 is 10.4 Å². The molecule has 33 heavy (non-hydrogen) atoms. The van der Waals surface area contributed by atoms with Gasteiger partial charge in [-0.05, 0) is 41.1 Å². The van der Waals surface area contributed by atoms with Crippen LogP contribution in [0.25, 0.3) is 10.8 Å². The number of nitrogens with zero attached hydrogens (tertiary/aromatic N) is 3. The molecule has 11 nitrogen and oxygen atoms in total. The summed E-state index contributed by atoms with van der Waals surface area (Å²) in [4.78, 5) is 42.5. The molecule has 1 aromatic heterocycles. The third-order valence-electron chi connectivity index (χ3n) is 4.73. The number of benzene rings is 3. The lowest BCUT2D eigenvalue weighted by Crippen LogP contribution is -2.30. The van der Waals surface area contributed by atoms with Crippen molar-refractivity contribution in [3.05, 3.63) is 94.3 Å². The fraction of sp³-hybridized carbons (Fsp3) is 0. The van der Waals surface area contributed by atoms with Crippen LogP contribution < -0.4 is 16.2 Å². The molecule has 0 radical (unpaired) electrons. The minimum atomic E-state index is -1.09. The highest BCUT2D eigenvalue weighted by Crippen LogP contribution is 2.31. The van der Waals surface area contributed by atoms with Crippen molar-refractivity contribution >= 4 is 45.7 Å². The molecule has 1 amide bonds. The third-order valence-corrected chi connectivity index (χ3v) is 4.73. The third kappa shape index (κ3) is 4.51. The lowest BCUT2D eigenvalue weighted by molar-refractivity contribution is -0.383. The van der Waals surface area contributed by atoms with Gasteiger partial charge in [0.1, 0.15) is 6.33 Å². The number of carboxylic acids is 1. The quantitative estimate of drug-likeness (QED) is 0.246. The smallest absolute Gasteiger partial charge is 0.355 e. The summed E-state index contributed by atoms with van der Waals surface area (Å²) in [6.07, 6.45) is 1.09. The van der Waals surface area contributed by atoms with Gasteiger partial charge in [-0.1, -0.05) is 36.4 Å². The highest BCUT2D eigenvalue weighted by molar-refractivity contribution is 6.07. The molecular weight excluding hydrogens is 428 g/mol.